The number of carboxylic acids is 1. The molecule has 0 aliphatic carbocycles. The fourth-order valence-corrected chi connectivity index (χ4v) is 1.88. The smallest absolute Gasteiger partial charge is 0.344 e. The topological polar surface area (TPSA) is 46.5 Å². The quantitative estimate of drug-likeness (QED) is 0.674. The molecule has 1 N–H and O–H groups in total. The van der Waals surface area contributed by atoms with E-state index in [4.69, 9.17) is 56.2 Å². The lowest BCUT2D eigenvalue weighted by Gasteiger charge is -2.14. The van der Waals surface area contributed by atoms with Crippen LogP contribution in [0.25, 0.3) is 0 Å². The van der Waals surface area contributed by atoms with Gasteiger partial charge in [-0.25, -0.2) is 4.79 Å². The molecular formula is C9H6Cl4O3. The summed E-state index contributed by atoms with van der Waals surface area (Å²) in [5.74, 6) is -1.13. The summed E-state index contributed by atoms with van der Waals surface area (Å²) in [7, 11) is 0. The Hall–Kier alpha value is -0.350. The van der Waals surface area contributed by atoms with E-state index in [-0.39, 0.29) is 25.8 Å². The average Bonchev–Trinajstić information content (AvgIpc) is 2.20. The zero-order chi connectivity index (χ0) is 12.5. The Kier molecular flexibility index (Phi) is 4.56. The average molecular weight is 304 g/mol. The number of ether oxygens (including phenoxy) is 1. The first-order chi connectivity index (χ1) is 7.34. The largest absolute Gasteiger partial charge is 0.479 e. The summed E-state index contributed by atoms with van der Waals surface area (Å²) in [6, 6.07) is 1.33. The Morgan fingerprint density at radius 2 is 1.81 bits per heavy atom. The Bertz CT molecular complexity index is 433. The van der Waals surface area contributed by atoms with Gasteiger partial charge in [0.05, 0.1) is 15.1 Å². The molecule has 1 rings (SSSR count). The van der Waals surface area contributed by atoms with E-state index >= 15 is 0 Å². The fraction of sp³-hybridized carbons (Fsp3) is 0.222. The molecular weight excluding hydrogens is 298 g/mol. The Morgan fingerprint density at radius 1 is 1.25 bits per heavy atom. The highest BCUT2D eigenvalue weighted by atomic mass is 35.5. The number of hydrogen-bond donors (Lipinski definition) is 1. The Morgan fingerprint density at radius 3 is 2.31 bits per heavy atom. The standard InChI is InChI=1S/C9H6Cl4O3/c1-3(9(14)15)16-8-5(11)2-4(10)6(12)7(8)13/h2-3H,1H3,(H,14,15)/t3-/m1/s1. The van der Waals surface area contributed by atoms with Crippen LogP contribution in [0.2, 0.25) is 20.1 Å². The number of rotatable bonds is 3. The van der Waals surface area contributed by atoms with Crippen LogP contribution in [0.3, 0.4) is 0 Å². The van der Waals surface area contributed by atoms with E-state index in [2.05, 4.69) is 0 Å². The minimum absolute atomic E-state index is 0.00707. The summed E-state index contributed by atoms with van der Waals surface area (Å²) < 4.78 is 5.07. The molecule has 3 nitrogen and oxygen atoms in total. The van der Waals surface area contributed by atoms with Crippen molar-refractivity contribution in [3.63, 3.8) is 0 Å². The fourth-order valence-electron chi connectivity index (χ4n) is 0.885. The summed E-state index contributed by atoms with van der Waals surface area (Å²) in [5, 5.41) is 9.02. The van der Waals surface area contributed by atoms with Crippen molar-refractivity contribution in [3.05, 3.63) is 26.2 Å². The molecule has 0 heterocycles. The van der Waals surface area contributed by atoms with Gasteiger partial charge in [0.15, 0.2) is 11.9 Å². The highest BCUT2D eigenvalue weighted by Gasteiger charge is 2.20. The van der Waals surface area contributed by atoms with Crippen molar-refractivity contribution >= 4 is 52.4 Å². The molecule has 0 spiro atoms. The van der Waals surface area contributed by atoms with E-state index < -0.39 is 12.1 Å². The predicted molar refractivity (Wildman–Crippen MR) is 64.2 cm³/mol. The monoisotopic (exact) mass is 302 g/mol. The summed E-state index contributed by atoms with van der Waals surface area (Å²) in [6.45, 7) is 1.34. The van der Waals surface area contributed by atoms with Crippen LogP contribution in [-0.4, -0.2) is 17.2 Å². The maximum absolute atomic E-state index is 10.6. The lowest BCUT2D eigenvalue weighted by Crippen LogP contribution is -2.23. The van der Waals surface area contributed by atoms with Crippen LogP contribution in [0, 0.1) is 0 Å². The lowest BCUT2D eigenvalue weighted by molar-refractivity contribution is -0.144. The van der Waals surface area contributed by atoms with Crippen molar-refractivity contribution in [3.8, 4) is 5.75 Å². The van der Waals surface area contributed by atoms with Gasteiger partial charge in [0, 0.05) is 0 Å². The number of benzene rings is 1. The van der Waals surface area contributed by atoms with Crippen LogP contribution < -0.4 is 4.74 Å². The van der Waals surface area contributed by atoms with Gasteiger partial charge in [-0.05, 0) is 13.0 Å². The molecule has 1 aromatic rings. The minimum Gasteiger partial charge on any atom is -0.479 e. The molecule has 7 heteroatoms. The molecule has 0 fully saturated rings. The van der Waals surface area contributed by atoms with Crippen LogP contribution in [0.4, 0.5) is 0 Å². The van der Waals surface area contributed by atoms with Gasteiger partial charge in [-0.3, -0.25) is 0 Å². The molecule has 0 saturated heterocycles. The molecule has 16 heavy (non-hydrogen) atoms. The molecule has 0 aromatic heterocycles. The molecule has 0 saturated carbocycles. The van der Waals surface area contributed by atoms with Crippen molar-refractivity contribution < 1.29 is 14.6 Å². The second-order valence-electron chi connectivity index (χ2n) is 2.90. The van der Waals surface area contributed by atoms with Gasteiger partial charge in [-0.2, -0.15) is 0 Å². The van der Waals surface area contributed by atoms with Gasteiger partial charge in [0.2, 0.25) is 0 Å². The number of hydrogen-bond acceptors (Lipinski definition) is 2. The highest BCUT2D eigenvalue weighted by molar-refractivity contribution is 6.50. The summed E-state index contributed by atoms with van der Waals surface area (Å²) >= 11 is 23.1. The third-order valence-electron chi connectivity index (χ3n) is 1.71. The SMILES string of the molecule is C[C@@H](Oc1c(Cl)cc(Cl)c(Cl)c1Cl)C(=O)O. The Labute approximate surface area is 112 Å². The molecule has 0 aliphatic heterocycles. The normalized spacial score (nSPS) is 12.3. The molecule has 1 atom stereocenters. The predicted octanol–water partition coefficient (Wildman–Crippen LogP) is 4.15. The van der Waals surface area contributed by atoms with Crippen LogP contribution in [-0.2, 0) is 4.79 Å². The number of aliphatic carboxylic acids is 1. The van der Waals surface area contributed by atoms with Crippen LogP contribution in [0.1, 0.15) is 6.92 Å². The highest BCUT2D eigenvalue weighted by Crippen LogP contribution is 2.42. The van der Waals surface area contributed by atoms with E-state index in [9.17, 15) is 4.79 Å². The number of carboxylic acid groups (broad SMARTS) is 1. The number of halogens is 4. The second-order valence-corrected chi connectivity index (χ2v) is 4.47. The zero-order valence-corrected chi connectivity index (χ0v) is 11.0. The minimum atomic E-state index is -1.14. The summed E-state index contributed by atoms with van der Waals surface area (Å²) in [4.78, 5) is 10.6. The second kappa shape index (κ2) is 5.32. The van der Waals surface area contributed by atoms with Crippen LogP contribution in [0.15, 0.2) is 6.07 Å². The van der Waals surface area contributed by atoms with Gasteiger partial charge >= 0.3 is 5.97 Å². The van der Waals surface area contributed by atoms with Crippen LogP contribution in [0.5, 0.6) is 5.75 Å². The molecule has 0 amide bonds. The first kappa shape index (κ1) is 13.7. The Balaban J connectivity index is 3.14. The third kappa shape index (κ3) is 2.86. The van der Waals surface area contributed by atoms with Crippen molar-refractivity contribution in [1.82, 2.24) is 0 Å². The van der Waals surface area contributed by atoms with Crippen molar-refractivity contribution in [1.29, 1.82) is 0 Å². The molecule has 0 unspecified atom stereocenters. The molecule has 0 aliphatic rings. The van der Waals surface area contributed by atoms with Gasteiger partial charge in [0.25, 0.3) is 0 Å². The first-order valence-corrected chi connectivity index (χ1v) is 5.58. The maximum Gasteiger partial charge on any atom is 0.344 e. The van der Waals surface area contributed by atoms with Gasteiger partial charge in [-0.15, -0.1) is 0 Å². The van der Waals surface area contributed by atoms with E-state index in [1.54, 1.807) is 0 Å². The molecule has 0 bridgehead atoms. The van der Waals surface area contributed by atoms with Crippen LogP contribution >= 0.6 is 46.4 Å². The van der Waals surface area contributed by atoms with Gasteiger partial charge in [0.1, 0.15) is 5.02 Å². The maximum atomic E-state index is 10.6. The van der Waals surface area contributed by atoms with E-state index in [0.29, 0.717) is 0 Å². The third-order valence-corrected chi connectivity index (χ3v) is 3.24. The zero-order valence-electron chi connectivity index (χ0n) is 7.93. The summed E-state index contributed by atoms with van der Waals surface area (Å²) in [5.41, 5.74) is 0. The van der Waals surface area contributed by atoms with Gasteiger partial charge in [-0.1, -0.05) is 46.4 Å². The van der Waals surface area contributed by atoms with Crippen molar-refractivity contribution in [2.75, 3.05) is 0 Å². The van der Waals surface area contributed by atoms with Crippen molar-refractivity contribution in [2.24, 2.45) is 0 Å². The van der Waals surface area contributed by atoms with E-state index in [1.165, 1.54) is 13.0 Å². The molecule has 1 aromatic carbocycles. The molecule has 0 radical (unpaired) electrons. The first-order valence-electron chi connectivity index (χ1n) is 4.07. The van der Waals surface area contributed by atoms with E-state index in [0.717, 1.165) is 0 Å². The molecule has 88 valence electrons. The van der Waals surface area contributed by atoms with E-state index in [1.807, 2.05) is 0 Å². The number of carbonyl (C=O) groups is 1. The lowest BCUT2D eigenvalue weighted by atomic mass is 10.3. The summed E-state index contributed by atoms with van der Waals surface area (Å²) in [6.07, 6.45) is -1.09. The van der Waals surface area contributed by atoms with Crippen molar-refractivity contribution in [2.45, 2.75) is 13.0 Å². The van der Waals surface area contributed by atoms with Gasteiger partial charge < -0.3 is 9.84 Å².